The maximum Gasteiger partial charge on any atom is 0.106 e. The zero-order valence-electron chi connectivity index (χ0n) is 29.4. The van der Waals surface area contributed by atoms with Crippen LogP contribution in [0.3, 0.4) is 0 Å². The minimum Gasteiger partial charge on any atom is -0.399 e. The van der Waals surface area contributed by atoms with Crippen molar-refractivity contribution in [2.24, 2.45) is 5.16 Å². The third-order valence-electron chi connectivity index (χ3n) is 8.80. The fourth-order valence-electron chi connectivity index (χ4n) is 6.12. The Bertz CT molecular complexity index is 2460. The summed E-state index contributed by atoms with van der Waals surface area (Å²) in [4.78, 5) is 27.4. The van der Waals surface area contributed by atoms with E-state index in [1.54, 1.807) is 26.6 Å². The van der Waals surface area contributed by atoms with Crippen LogP contribution >= 0.6 is 0 Å². The molecule has 0 amide bonds. The van der Waals surface area contributed by atoms with E-state index < -0.39 is 0 Å². The highest BCUT2D eigenvalue weighted by Gasteiger charge is 2.11. The molecule has 10 nitrogen and oxygen atoms in total. The number of nitrogens with one attached hydrogen (secondary N) is 1. The van der Waals surface area contributed by atoms with Gasteiger partial charge in [-0.2, -0.15) is 5.48 Å². The van der Waals surface area contributed by atoms with Crippen LogP contribution in [0, 0.1) is 0 Å². The number of rotatable bonds is 9. The average molecular weight is 687 g/mol. The molecule has 10 heteroatoms. The number of hydrogen-bond donors (Lipinski definition) is 1. The molecular formula is C42H38N8O2. The summed E-state index contributed by atoms with van der Waals surface area (Å²) in [6, 6.07) is 37.3. The Kier molecular flexibility index (Phi) is 10.2. The van der Waals surface area contributed by atoms with Crippen LogP contribution in [-0.2, 0) is 9.68 Å². The van der Waals surface area contributed by atoms with Crippen LogP contribution in [-0.4, -0.2) is 49.0 Å². The van der Waals surface area contributed by atoms with Crippen molar-refractivity contribution in [3.63, 3.8) is 0 Å². The van der Waals surface area contributed by atoms with Crippen molar-refractivity contribution in [3.8, 4) is 33.6 Å². The molecule has 258 valence electrons. The number of fused-ring (bicyclic) bond motifs is 2. The normalized spacial score (nSPS) is 12.0. The smallest absolute Gasteiger partial charge is 0.106 e. The van der Waals surface area contributed by atoms with Gasteiger partial charge in [0.2, 0.25) is 0 Å². The van der Waals surface area contributed by atoms with E-state index >= 15 is 0 Å². The second kappa shape index (κ2) is 15.6. The lowest BCUT2D eigenvalue weighted by atomic mass is 10.1. The molecule has 0 aliphatic rings. The summed E-state index contributed by atoms with van der Waals surface area (Å²) >= 11 is 0. The molecule has 0 spiro atoms. The van der Waals surface area contributed by atoms with Crippen LogP contribution in [0.2, 0.25) is 0 Å². The summed E-state index contributed by atoms with van der Waals surface area (Å²) in [7, 11) is 3.17. The SMILES string of the molecule is CO/N=C(/C)c1ccc2c(c1)ncn2-c1cccc(-c2cccnc2)c1.CONC(C)c1ccc2c(c1)ncn2-c1cccc(-c2cccnc2)c1. The predicted octanol–water partition coefficient (Wildman–Crippen LogP) is 8.76. The highest BCUT2D eigenvalue weighted by Crippen LogP contribution is 2.27. The van der Waals surface area contributed by atoms with E-state index in [9.17, 15) is 0 Å². The monoisotopic (exact) mass is 686 g/mol. The number of imidazole rings is 2. The van der Waals surface area contributed by atoms with Gasteiger partial charge in [0.05, 0.1) is 40.9 Å². The van der Waals surface area contributed by atoms with Gasteiger partial charge in [-0.25, -0.2) is 9.97 Å². The highest BCUT2D eigenvalue weighted by molar-refractivity contribution is 6.01. The Morgan fingerprint density at radius 2 is 1.21 bits per heavy atom. The Hall–Kier alpha value is -6.49. The van der Waals surface area contributed by atoms with Gasteiger partial charge >= 0.3 is 0 Å². The fourth-order valence-corrected chi connectivity index (χ4v) is 6.12. The Balaban J connectivity index is 0.000000162. The van der Waals surface area contributed by atoms with Gasteiger partial charge in [0.15, 0.2) is 0 Å². The molecule has 8 rings (SSSR count). The number of benzene rings is 4. The summed E-state index contributed by atoms with van der Waals surface area (Å²) in [6.07, 6.45) is 11.0. The average Bonchev–Trinajstić information content (AvgIpc) is 3.83. The van der Waals surface area contributed by atoms with Gasteiger partial charge in [0.25, 0.3) is 0 Å². The molecule has 1 unspecified atom stereocenters. The van der Waals surface area contributed by atoms with Crippen molar-refractivity contribution >= 4 is 27.8 Å². The zero-order chi connectivity index (χ0) is 35.9. The van der Waals surface area contributed by atoms with Crippen molar-refractivity contribution in [3.05, 3.63) is 158 Å². The van der Waals surface area contributed by atoms with Crippen molar-refractivity contribution < 1.29 is 9.68 Å². The summed E-state index contributed by atoms with van der Waals surface area (Å²) in [6.45, 7) is 3.97. The molecule has 4 aromatic carbocycles. The van der Waals surface area contributed by atoms with Crippen molar-refractivity contribution in [1.29, 1.82) is 0 Å². The second-order valence-corrected chi connectivity index (χ2v) is 12.2. The molecule has 1 N–H and O–H groups in total. The Morgan fingerprint density at radius 1 is 0.654 bits per heavy atom. The van der Waals surface area contributed by atoms with E-state index in [0.29, 0.717) is 0 Å². The third kappa shape index (κ3) is 7.34. The maximum absolute atomic E-state index is 5.02. The van der Waals surface area contributed by atoms with Gasteiger partial charge in [-0.3, -0.25) is 19.1 Å². The molecule has 0 fully saturated rings. The minimum atomic E-state index is 0.100. The van der Waals surface area contributed by atoms with E-state index in [2.05, 4.69) is 125 Å². The first kappa shape index (κ1) is 34.0. The summed E-state index contributed by atoms with van der Waals surface area (Å²) < 4.78 is 4.19. The maximum atomic E-state index is 5.02. The Labute approximate surface area is 302 Å². The van der Waals surface area contributed by atoms with Gasteiger partial charge in [0.1, 0.15) is 19.8 Å². The number of hydroxylamine groups is 1. The molecule has 4 heterocycles. The lowest BCUT2D eigenvalue weighted by Gasteiger charge is -2.12. The summed E-state index contributed by atoms with van der Waals surface area (Å²) in [5.74, 6) is 0. The van der Waals surface area contributed by atoms with Crippen molar-refractivity contribution in [1.82, 2.24) is 34.6 Å². The van der Waals surface area contributed by atoms with Gasteiger partial charge in [-0.15, -0.1) is 0 Å². The molecule has 0 saturated heterocycles. The lowest BCUT2D eigenvalue weighted by Crippen LogP contribution is -2.16. The molecule has 0 aliphatic carbocycles. The topological polar surface area (TPSA) is 104 Å². The van der Waals surface area contributed by atoms with Crippen LogP contribution in [0.15, 0.2) is 152 Å². The highest BCUT2D eigenvalue weighted by atomic mass is 16.6. The van der Waals surface area contributed by atoms with E-state index in [4.69, 9.17) is 9.68 Å². The summed E-state index contributed by atoms with van der Waals surface area (Å²) in [5, 5.41) is 3.99. The standard InChI is InChI=1S/C21H20N4O.C21H18N4O/c2*1-15(24-26-2)16-8-9-21-20(12-16)23-14-25(21)19-7-3-5-17(11-19)18-6-4-10-22-13-18/h3-15,24H,1-2H3;3-14H,1-2H3/b;24-15-. The lowest BCUT2D eigenvalue weighted by molar-refractivity contribution is 0.0659. The quantitative estimate of drug-likeness (QED) is 0.120. The molecule has 4 aromatic heterocycles. The number of pyridine rings is 2. The van der Waals surface area contributed by atoms with Gasteiger partial charge < -0.3 is 9.68 Å². The molecule has 8 aromatic rings. The molecule has 0 aliphatic heterocycles. The van der Waals surface area contributed by atoms with Crippen LogP contribution in [0.1, 0.15) is 31.0 Å². The van der Waals surface area contributed by atoms with Gasteiger partial charge in [-0.1, -0.05) is 53.7 Å². The molecule has 52 heavy (non-hydrogen) atoms. The van der Waals surface area contributed by atoms with Crippen LogP contribution in [0.25, 0.3) is 55.7 Å². The minimum absolute atomic E-state index is 0.100. The number of nitrogens with zero attached hydrogens (tertiary/aromatic N) is 7. The third-order valence-corrected chi connectivity index (χ3v) is 8.80. The van der Waals surface area contributed by atoms with Crippen LogP contribution in [0.5, 0.6) is 0 Å². The van der Waals surface area contributed by atoms with E-state index in [1.807, 2.05) is 62.3 Å². The van der Waals surface area contributed by atoms with Gasteiger partial charge in [-0.05, 0) is 91.2 Å². The van der Waals surface area contributed by atoms with Gasteiger partial charge in [0, 0.05) is 52.9 Å². The fraction of sp³-hybridized carbons (Fsp3) is 0.119. The molecule has 0 bridgehead atoms. The number of aromatic nitrogens is 6. The first-order valence-corrected chi connectivity index (χ1v) is 16.8. The first-order chi connectivity index (χ1) is 25.5. The zero-order valence-corrected chi connectivity index (χ0v) is 29.4. The largest absolute Gasteiger partial charge is 0.399 e. The molecule has 0 radical (unpaired) electrons. The molecular weight excluding hydrogens is 649 g/mol. The van der Waals surface area contributed by atoms with Crippen LogP contribution < -0.4 is 5.48 Å². The Morgan fingerprint density at radius 3 is 1.75 bits per heavy atom. The predicted molar refractivity (Wildman–Crippen MR) is 206 cm³/mol. The van der Waals surface area contributed by atoms with E-state index in [1.165, 1.54) is 0 Å². The van der Waals surface area contributed by atoms with E-state index in [-0.39, 0.29) is 6.04 Å². The second-order valence-electron chi connectivity index (χ2n) is 12.2. The van der Waals surface area contributed by atoms with E-state index in [0.717, 1.165) is 72.5 Å². The first-order valence-electron chi connectivity index (χ1n) is 16.8. The van der Waals surface area contributed by atoms with Crippen LogP contribution in [0.4, 0.5) is 0 Å². The number of oxime groups is 1. The van der Waals surface area contributed by atoms with Crippen molar-refractivity contribution in [2.45, 2.75) is 19.9 Å². The molecule has 1 atom stereocenters. The summed E-state index contributed by atoms with van der Waals surface area (Å²) in [5.41, 5.74) is 16.5. The van der Waals surface area contributed by atoms with Crippen molar-refractivity contribution in [2.75, 3.05) is 14.2 Å². The number of hydrogen-bond acceptors (Lipinski definition) is 8. The molecule has 0 saturated carbocycles.